The molecule has 0 N–H and O–H groups in total. The number of halogens is 4. The Labute approximate surface area is 118 Å². The van der Waals surface area contributed by atoms with Gasteiger partial charge >= 0.3 is 0 Å². The number of rotatable bonds is 3. The predicted octanol–water partition coefficient (Wildman–Crippen LogP) is 5.90. The highest BCUT2D eigenvalue weighted by atomic mass is 35.9. The molecule has 1 rings (SSSR count). The molecule has 0 unspecified atom stereocenters. The number of para-hydroxylation sites is 1. The minimum Gasteiger partial charge on any atom is -0.268 e. The summed E-state index contributed by atoms with van der Waals surface area (Å²) in [5, 5.41) is 0. The van der Waals surface area contributed by atoms with Crippen molar-refractivity contribution in [3.8, 4) is 0 Å². The molecule has 1 aromatic carbocycles. The van der Waals surface area contributed by atoms with Gasteiger partial charge in [0.15, 0.2) is 0 Å². The van der Waals surface area contributed by atoms with Gasteiger partial charge in [0, 0.05) is 5.69 Å². The summed E-state index contributed by atoms with van der Waals surface area (Å²) in [6.45, 7) is 0. The standard InChI is InChI=1S/C6H5Cl4NP2S2/c7-12(8,14)11(13(9,10)15)6-4-2-1-3-5-6/h1-5H. The lowest BCUT2D eigenvalue weighted by Gasteiger charge is -2.30. The Balaban J connectivity index is 3.27. The molecule has 0 aliphatic heterocycles. The van der Waals surface area contributed by atoms with E-state index in [2.05, 4.69) is 0 Å². The van der Waals surface area contributed by atoms with Crippen molar-refractivity contribution in [1.29, 1.82) is 0 Å². The van der Waals surface area contributed by atoms with Crippen LogP contribution in [-0.2, 0) is 23.6 Å². The Bertz CT molecular complexity index is 406. The van der Waals surface area contributed by atoms with Crippen LogP contribution in [0.25, 0.3) is 0 Å². The molecule has 15 heavy (non-hydrogen) atoms. The minimum absolute atomic E-state index is 0.652. The first-order valence-electron chi connectivity index (χ1n) is 3.58. The summed E-state index contributed by atoms with van der Waals surface area (Å²) in [6, 6.07) is 8.98. The lowest BCUT2D eigenvalue weighted by Crippen LogP contribution is -2.05. The molecule has 9 heteroatoms. The Morgan fingerprint density at radius 3 is 1.60 bits per heavy atom. The van der Waals surface area contributed by atoms with E-state index in [-0.39, 0.29) is 0 Å². The Hall–Kier alpha value is 1.48. The SMILES string of the molecule is S=P(Cl)(Cl)N(c1ccccc1)P(=S)(Cl)Cl. The van der Waals surface area contributed by atoms with Gasteiger partial charge < -0.3 is 0 Å². The number of hydrogen-bond donors (Lipinski definition) is 0. The van der Waals surface area contributed by atoms with Gasteiger partial charge in [0.1, 0.15) is 0 Å². The van der Waals surface area contributed by atoms with Crippen molar-refractivity contribution in [3.05, 3.63) is 30.3 Å². The first-order chi connectivity index (χ1) is 6.73. The molecular formula is C6H5Cl4NP2S2. The van der Waals surface area contributed by atoms with Crippen molar-refractivity contribution < 1.29 is 0 Å². The molecule has 0 spiro atoms. The fourth-order valence-electron chi connectivity index (χ4n) is 0.951. The molecule has 1 aromatic rings. The van der Waals surface area contributed by atoms with Gasteiger partial charge in [-0.2, -0.15) is 0 Å². The van der Waals surface area contributed by atoms with E-state index in [9.17, 15) is 0 Å². The molecule has 0 atom stereocenters. The summed E-state index contributed by atoms with van der Waals surface area (Å²) in [7, 11) is 0. The van der Waals surface area contributed by atoms with Crippen molar-refractivity contribution in [1.82, 2.24) is 0 Å². The third-order valence-electron chi connectivity index (χ3n) is 1.43. The summed E-state index contributed by atoms with van der Waals surface area (Å²) in [5.41, 5.74) is 0.652. The van der Waals surface area contributed by atoms with Crippen LogP contribution < -0.4 is 4.44 Å². The average Bonchev–Trinajstić information content (AvgIpc) is 2.00. The molecule has 0 bridgehead atoms. The van der Waals surface area contributed by atoms with Crippen LogP contribution in [0.15, 0.2) is 30.3 Å². The third kappa shape index (κ3) is 4.33. The second kappa shape index (κ2) is 5.42. The lowest BCUT2D eigenvalue weighted by atomic mass is 10.3. The number of nitrogens with zero attached hydrogens (tertiary/aromatic N) is 1. The Kier molecular flexibility index (Phi) is 5.25. The normalized spacial score (nSPS) is 12.5. The summed E-state index contributed by atoms with van der Waals surface area (Å²) in [5.74, 6) is 0. The zero-order chi connectivity index (χ0) is 11.7. The van der Waals surface area contributed by atoms with Crippen LogP contribution in [0.5, 0.6) is 0 Å². The minimum atomic E-state index is -2.83. The van der Waals surface area contributed by atoms with Gasteiger partial charge in [-0.25, -0.2) is 0 Å². The van der Waals surface area contributed by atoms with Gasteiger partial charge in [0.05, 0.1) is 0 Å². The molecule has 0 heterocycles. The van der Waals surface area contributed by atoms with E-state index in [1.54, 1.807) is 24.3 Å². The lowest BCUT2D eigenvalue weighted by molar-refractivity contribution is 1.60. The van der Waals surface area contributed by atoms with E-state index in [0.717, 1.165) is 0 Å². The quantitative estimate of drug-likeness (QED) is 0.619. The molecule has 0 saturated heterocycles. The van der Waals surface area contributed by atoms with Crippen molar-refractivity contribution in [2.75, 3.05) is 4.44 Å². The van der Waals surface area contributed by atoms with Crippen LogP contribution in [0.4, 0.5) is 5.69 Å². The van der Waals surface area contributed by atoms with Crippen molar-refractivity contribution in [3.63, 3.8) is 0 Å². The fraction of sp³-hybridized carbons (Fsp3) is 0. The summed E-state index contributed by atoms with van der Waals surface area (Å²) < 4.78 is 1.37. The third-order valence-corrected chi connectivity index (χ3v) is 9.17. The van der Waals surface area contributed by atoms with E-state index in [0.29, 0.717) is 5.69 Å². The van der Waals surface area contributed by atoms with Gasteiger partial charge in [-0.1, -0.05) is 18.2 Å². The van der Waals surface area contributed by atoms with Crippen LogP contribution in [0.2, 0.25) is 0 Å². The van der Waals surface area contributed by atoms with E-state index < -0.39 is 9.79 Å². The van der Waals surface area contributed by atoms with Crippen LogP contribution >= 0.6 is 54.8 Å². The highest BCUT2D eigenvalue weighted by Gasteiger charge is 2.31. The monoisotopic (exact) mass is 357 g/mol. The van der Waals surface area contributed by atoms with Crippen molar-refractivity contribution >= 4 is 84.1 Å². The van der Waals surface area contributed by atoms with Gasteiger partial charge in [0.2, 0.25) is 9.79 Å². The van der Waals surface area contributed by atoms with E-state index in [1.807, 2.05) is 6.07 Å². The summed E-state index contributed by atoms with van der Waals surface area (Å²) >= 11 is 33.7. The fourth-order valence-corrected chi connectivity index (χ4v) is 13.1. The maximum absolute atomic E-state index is 5.93. The molecule has 0 saturated carbocycles. The molecule has 0 amide bonds. The smallest absolute Gasteiger partial charge is 0.212 e. The van der Waals surface area contributed by atoms with E-state index in [1.165, 1.54) is 4.44 Å². The maximum atomic E-state index is 5.93. The largest absolute Gasteiger partial charge is 0.268 e. The molecule has 84 valence electrons. The number of benzene rings is 1. The molecule has 0 fully saturated rings. The Morgan fingerprint density at radius 1 is 0.867 bits per heavy atom. The molecule has 0 radical (unpaired) electrons. The predicted molar refractivity (Wildman–Crippen MR) is 80.9 cm³/mol. The van der Waals surface area contributed by atoms with Crippen LogP contribution in [0.3, 0.4) is 0 Å². The topological polar surface area (TPSA) is 3.24 Å². The van der Waals surface area contributed by atoms with Crippen molar-refractivity contribution in [2.24, 2.45) is 0 Å². The van der Waals surface area contributed by atoms with Crippen LogP contribution in [-0.4, -0.2) is 0 Å². The van der Waals surface area contributed by atoms with Crippen molar-refractivity contribution in [2.45, 2.75) is 0 Å². The highest BCUT2D eigenvalue weighted by Crippen LogP contribution is 2.77. The van der Waals surface area contributed by atoms with E-state index in [4.69, 9.17) is 68.6 Å². The van der Waals surface area contributed by atoms with Crippen LogP contribution in [0, 0.1) is 0 Å². The van der Waals surface area contributed by atoms with Gasteiger partial charge in [-0.05, 0) is 80.7 Å². The molecule has 0 aliphatic rings. The Morgan fingerprint density at radius 2 is 1.27 bits per heavy atom. The first-order valence-corrected chi connectivity index (χ1v) is 12.7. The van der Waals surface area contributed by atoms with Crippen LogP contribution in [0.1, 0.15) is 0 Å². The molecule has 1 nitrogen and oxygen atoms in total. The van der Waals surface area contributed by atoms with E-state index >= 15 is 0 Å². The molecular weight excluding hydrogens is 354 g/mol. The maximum Gasteiger partial charge on any atom is 0.212 e. The first kappa shape index (κ1) is 14.5. The number of hydrogen-bond acceptors (Lipinski definition) is 2. The molecule has 0 aliphatic carbocycles. The summed E-state index contributed by atoms with van der Waals surface area (Å²) in [6.07, 6.45) is 0. The highest BCUT2D eigenvalue weighted by molar-refractivity contribution is 8.50. The molecule has 0 aromatic heterocycles. The van der Waals surface area contributed by atoms with Gasteiger partial charge in [0.25, 0.3) is 0 Å². The zero-order valence-electron chi connectivity index (χ0n) is 7.06. The second-order valence-electron chi connectivity index (χ2n) is 2.49. The zero-order valence-corrected chi connectivity index (χ0v) is 13.5. The average molecular weight is 359 g/mol. The second-order valence-corrected chi connectivity index (χ2v) is 17.8. The van der Waals surface area contributed by atoms with Gasteiger partial charge in [-0.3, -0.25) is 4.44 Å². The number of anilines is 1. The summed E-state index contributed by atoms with van der Waals surface area (Å²) in [4.78, 5) is -5.65. The van der Waals surface area contributed by atoms with Gasteiger partial charge in [-0.15, -0.1) is 0 Å².